The van der Waals surface area contributed by atoms with Crippen LogP contribution in [-0.4, -0.2) is 38.8 Å². The van der Waals surface area contributed by atoms with E-state index in [9.17, 15) is 4.79 Å². The number of aromatic nitrogens is 3. The van der Waals surface area contributed by atoms with E-state index in [0.717, 1.165) is 48.9 Å². The van der Waals surface area contributed by atoms with Crippen LogP contribution in [0.4, 0.5) is 5.69 Å². The summed E-state index contributed by atoms with van der Waals surface area (Å²) in [6.07, 6.45) is 5.40. The molecule has 0 radical (unpaired) electrons. The second kappa shape index (κ2) is 8.37. The van der Waals surface area contributed by atoms with Gasteiger partial charge in [0.05, 0.1) is 11.6 Å². The van der Waals surface area contributed by atoms with Gasteiger partial charge in [0.15, 0.2) is 10.8 Å². The van der Waals surface area contributed by atoms with Crippen LogP contribution in [0.5, 0.6) is 0 Å². The van der Waals surface area contributed by atoms with Gasteiger partial charge in [0.2, 0.25) is 5.91 Å². The number of benzene rings is 1. The highest BCUT2D eigenvalue weighted by molar-refractivity contribution is 7.13. The van der Waals surface area contributed by atoms with Gasteiger partial charge in [-0.25, -0.2) is 15.0 Å². The smallest absolute Gasteiger partial charge is 0.228 e. The van der Waals surface area contributed by atoms with Gasteiger partial charge in [-0.1, -0.05) is 18.2 Å². The predicted octanol–water partition coefficient (Wildman–Crippen LogP) is 3.45. The molecule has 7 heteroatoms. The summed E-state index contributed by atoms with van der Waals surface area (Å²) < 4.78 is 0. The predicted molar refractivity (Wildman–Crippen MR) is 106 cm³/mol. The van der Waals surface area contributed by atoms with Crippen LogP contribution in [0.2, 0.25) is 0 Å². The molecule has 1 saturated heterocycles. The Morgan fingerprint density at radius 2 is 2.00 bits per heavy atom. The Morgan fingerprint density at radius 1 is 1.19 bits per heavy atom. The molecule has 1 atom stereocenters. The number of amides is 1. The van der Waals surface area contributed by atoms with Crippen molar-refractivity contribution in [1.29, 1.82) is 0 Å². The van der Waals surface area contributed by atoms with Gasteiger partial charge in [-0.3, -0.25) is 9.69 Å². The molecule has 0 unspecified atom stereocenters. The quantitative estimate of drug-likeness (QED) is 0.735. The van der Waals surface area contributed by atoms with Crippen LogP contribution >= 0.6 is 11.3 Å². The molecule has 4 rings (SSSR count). The molecular weight excluding hydrogens is 358 g/mol. The molecule has 1 aliphatic rings. The van der Waals surface area contributed by atoms with Crippen LogP contribution in [0, 0.1) is 5.92 Å². The number of hydrogen-bond donors (Lipinski definition) is 1. The maximum absolute atomic E-state index is 12.6. The molecule has 1 N–H and O–H groups in total. The first-order valence-electron chi connectivity index (χ1n) is 9.08. The number of nitrogens with zero attached hydrogens (tertiary/aromatic N) is 4. The summed E-state index contributed by atoms with van der Waals surface area (Å²) in [5, 5.41) is 5.92. The summed E-state index contributed by atoms with van der Waals surface area (Å²) in [6, 6.07) is 11.4. The van der Waals surface area contributed by atoms with E-state index in [4.69, 9.17) is 0 Å². The van der Waals surface area contributed by atoms with Gasteiger partial charge in [-0.05, 0) is 37.6 Å². The number of likely N-dealkylation sites (tertiary alicyclic amines) is 1. The molecule has 0 bridgehead atoms. The second-order valence-electron chi connectivity index (χ2n) is 6.65. The molecule has 1 fully saturated rings. The number of para-hydroxylation sites is 1. The van der Waals surface area contributed by atoms with Crippen LogP contribution < -0.4 is 5.32 Å². The minimum Gasteiger partial charge on any atom is -0.326 e. The van der Waals surface area contributed by atoms with E-state index >= 15 is 0 Å². The van der Waals surface area contributed by atoms with Gasteiger partial charge in [0, 0.05) is 36.6 Å². The molecule has 3 aromatic rings. The number of thiazole rings is 1. The van der Waals surface area contributed by atoms with Crippen molar-refractivity contribution >= 4 is 22.9 Å². The van der Waals surface area contributed by atoms with Crippen molar-refractivity contribution in [2.24, 2.45) is 5.92 Å². The molecule has 27 heavy (non-hydrogen) atoms. The van der Waals surface area contributed by atoms with Crippen LogP contribution in [0.3, 0.4) is 0 Å². The lowest BCUT2D eigenvalue weighted by molar-refractivity contribution is -0.121. The summed E-state index contributed by atoms with van der Waals surface area (Å²) in [5.74, 6) is 0.768. The third-order valence-corrected chi connectivity index (χ3v) is 5.50. The molecule has 6 nitrogen and oxygen atoms in total. The summed E-state index contributed by atoms with van der Waals surface area (Å²) >= 11 is 1.56. The molecule has 1 aromatic carbocycles. The number of hydrogen-bond acceptors (Lipinski definition) is 6. The maximum Gasteiger partial charge on any atom is 0.228 e. The summed E-state index contributed by atoms with van der Waals surface area (Å²) in [7, 11) is 0. The summed E-state index contributed by atoms with van der Waals surface area (Å²) in [4.78, 5) is 28.1. The lowest BCUT2D eigenvalue weighted by atomic mass is 9.97. The highest BCUT2D eigenvalue weighted by Crippen LogP contribution is 2.23. The number of nitrogens with one attached hydrogen (secondary N) is 1. The normalized spacial score (nSPS) is 17.6. The van der Waals surface area contributed by atoms with E-state index in [1.165, 1.54) is 0 Å². The molecule has 0 spiro atoms. The molecule has 138 valence electrons. The van der Waals surface area contributed by atoms with Crippen LogP contribution in [0.1, 0.15) is 18.5 Å². The number of carbonyl (C=O) groups excluding carboxylic acids is 1. The molecule has 2 aromatic heterocycles. The number of rotatable bonds is 5. The second-order valence-corrected chi connectivity index (χ2v) is 7.50. The fourth-order valence-electron chi connectivity index (χ4n) is 3.30. The lowest BCUT2D eigenvalue weighted by Gasteiger charge is -2.31. The van der Waals surface area contributed by atoms with Crippen molar-refractivity contribution in [2.75, 3.05) is 18.4 Å². The SMILES string of the molecule is O=C(Nc1ccccc1)[C@@H]1CCCN(Cc2csc(-c3ncccn3)n2)C1. The molecule has 0 saturated carbocycles. The third-order valence-electron chi connectivity index (χ3n) is 4.61. The molecule has 1 aliphatic heterocycles. The van der Waals surface area contributed by atoms with Crippen molar-refractivity contribution in [3.05, 3.63) is 59.9 Å². The number of carbonyl (C=O) groups is 1. The Bertz CT molecular complexity index is 884. The minimum absolute atomic E-state index is 0.00881. The highest BCUT2D eigenvalue weighted by atomic mass is 32.1. The Balaban J connectivity index is 1.36. The monoisotopic (exact) mass is 379 g/mol. The van der Waals surface area contributed by atoms with Crippen LogP contribution in [0.25, 0.3) is 10.8 Å². The van der Waals surface area contributed by atoms with Gasteiger partial charge < -0.3 is 5.32 Å². The van der Waals surface area contributed by atoms with Crippen molar-refractivity contribution < 1.29 is 4.79 Å². The average molecular weight is 379 g/mol. The number of anilines is 1. The zero-order valence-corrected chi connectivity index (χ0v) is 15.7. The van der Waals surface area contributed by atoms with E-state index in [2.05, 4.69) is 30.5 Å². The van der Waals surface area contributed by atoms with Gasteiger partial charge in [-0.15, -0.1) is 11.3 Å². The van der Waals surface area contributed by atoms with E-state index in [1.807, 2.05) is 30.3 Å². The van der Waals surface area contributed by atoms with Crippen LogP contribution in [0.15, 0.2) is 54.2 Å². The fraction of sp³-hybridized carbons (Fsp3) is 0.300. The van der Waals surface area contributed by atoms with Crippen LogP contribution in [-0.2, 0) is 11.3 Å². The van der Waals surface area contributed by atoms with Crippen molar-refractivity contribution in [3.63, 3.8) is 0 Å². The van der Waals surface area contributed by atoms with Crippen molar-refractivity contribution in [2.45, 2.75) is 19.4 Å². The van der Waals surface area contributed by atoms with Crippen molar-refractivity contribution in [1.82, 2.24) is 19.9 Å². The maximum atomic E-state index is 12.6. The largest absolute Gasteiger partial charge is 0.326 e. The minimum atomic E-state index is 0.00881. The van der Waals surface area contributed by atoms with Gasteiger partial charge in [0.25, 0.3) is 0 Å². The standard InChI is InChI=1S/C20H21N5OS/c26-19(23-16-7-2-1-3-8-16)15-6-4-11-25(12-15)13-17-14-27-20(24-17)18-21-9-5-10-22-18/h1-3,5,7-10,14-15H,4,6,11-13H2,(H,23,26)/t15-/m1/s1. The van der Waals surface area contributed by atoms with Gasteiger partial charge in [0.1, 0.15) is 0 Å². The van der Waals surface area contributed by atoms with E-state index in [-0.39, 0.29) is 11.8 Å². The third kappa shape index (κ3) is 4.56. The Kier molecular flexibility index (Phi) is 5.50. The molecule has 0 aliphatic carbocycles. The lowest BCUT2D eigenvalue weighted by Crippen LogP contribution is -2.40. The molecule has 3 heterocycles. The first-order valence-corrected chi connectivity index (χ1v) is 9.96. The average Bonchev–Trinajstić information content (AvgIpc) is 3.18. The Morgan fingerprint density at radius 3 is 2.81 bits per heavy atom. The topological polar surface area (TPSA) is 71.0 Å². The summed E-state index contributed by atoms with van der Waals surface area (Å²) in [5.41, 5.74) is 1.86. The molecule has 1 amide bonds. The fourth-order valence-corrected chi connectivity index (χ4v) is 4.06. The first-order chi connectivity index (χ1) is 13.3. The zero-order chi connectivity index (χ0) is 18.5. The van der Waals surface area contributed by atoms with Crippen molar-refractivity contribution in [3.8, 4) is 10.8 Å². The zero-order valence-electron chi connectivity index (χ0n) is 14.9. The van der Waals surface area contributed by atoms with E-state index in [0.29, 0.717) is 5.82 Å². The van der Waals surface area contributed by atoms with Gasteiger partial charge >= 0.3 is 0 Å². The van der Waals surface area contributed by atoms with E-state index < -0.39 is 0 Å². The molecular formula is C20H21N5OS. The Hall–Kier alpha value is -2.64. The Labute approximate surface area is 162 Å². The highest BCUT2D eigenvalue weighted by Gasteiger charge is 2.26. The summed E-state index contributed by atoms with van der Waals surface area (Å²) in [6.45, 7) is 2.50. The van der Waals surface area contributed by atoms with Gasteiger partial charge in [-0.2, -0.15) is 0 Å². The first kappa shape index (κ1) is 17.8. The number of piperidine rings is 1. The van der Waals surface area contributed by atoms with E-state index in [1.54, 1.807) is 29.8 Å².